The normalized spacial score (nSPS) is 13.8. The topological polar surface area (TPSA) is 35.2 Å². The highest BCUT2D eigenvalue weighted by Gasteiger charge is 2.30. The summed E-state index contributed by atoms with van der Waals surface area (Å²) in [7, 11) is 1.53. The molecule has 0 aromatic heterocycles. The molecule has 1 aromatic carbocycles. The molecule has 0 aliphatic heterocycles. The van der Waals surface area contributed by atoms with Crippen molar-refractivity contribution in [2.24, 2.45) is 5.73 Å². The number of benzene rings is 1. The highest BCUT2D eigenvalue weighted by atomic mass is 19.4. The number of ether oxygens (including phenoxy) is 1. The van der Waals surface area contributed by atoms with Gasteiger partial charge in [0.05, 0.1) is 5.56 Å². The van der Waals surface area contributed by atoms with Crippen molar-refractivity contribution in [3.05, 3.63) is 35.4 Å². The maximum Gasteiger partial charge on any atom is 0.416 e. The second-order valence-corrected chi connectivity index (χ2v) is 3.51. The molecule has 0 fully saturated rings. The van der Waals surface area contributed by atoms with Crippen LogP contribution in [0.1, 0.15) is 23.6 Å². The van der Waals surface area contributed by atoms with E-state index in [1.54, 1.807) is 6.07 Å². The van der Waals surface area contributed by atoms with Crippen molar-refractivity contribution in [1.29, 1.82) is 0 Å². The molecule has 1 rings (SSSR count). The summed E-state index contributed by atoms with van der Waals surface area (Å²) in [4.78, 5) is 0. The van der Waals surface area contributed by atoms with Crippen molar-refractivity contribution >= 4 is 0 Å². The fourth-order valence-corrected chi connectivity index (χ4v) is 1.36. The van der Waals surface area contributed by atoms with Crippen LogP contribution in [0.15, 0.2) is 24.3 Å². The van der Waals surface area contributed by atoms with E-state index < -0.39 is 17.8 Å². The van der Waals surface area contributed by atoms with Gasteiger partial charge >= 0.3 is 6.18 Å². The molecular weight excluding hydrogens is 219 g/mol. The lowest BCUT2D eigenvalue weighted by Crippen LogP contribution is -2.14. The first-order chi connectivity index (χ1) is 7.45. The zero-order valence-corrected chi connectivity index (χ0v) is 8.92. The van der Waals surface area contributed by atoms with Gasteiger partial charge in [-0.05, 0) is 24.1 Å². The van der Waals surface area contributed by atoms with Crippen molar-refractivity contribution in [3.63, 3.8) is 0 Å². The molecule has 2 N–H and O–H groups in total. The summed E-state index contributed by atoms with van der Waals surface area (Å²) in [6, 6.07) is 4.65. The molecule has 0 unspecified atom stereocenters. The number of nitrogens with two attached hydrogens (primary N) is 1. The first-order valence-corrected chi connectivity index (χ1v) is 4.87. The van der Waals surface area contributed by atoms with Crippen LogP contribution in [0.3, 0.4) is 0 Å². The first-order valence-electron chi connectivity index (χ1n) is 4.87. The van der Waals surface area contributed by atoms with E-state index >= 15 is 0 Å². The lowest BCUT2D eigenvalue weighted by Gasteiger charge is -2.14. The molecule has 0 saturated heterocycles. The molecule has 0 saturated carbocycles. The Kier molecular flexibility index (Phi) is 4.32. The summed E-state index contributed by atoms with van der Waals surface area (Å²) in [6.07, 6.45) is -3.82. The van der Waals surface area contributed by atoms with Crippen LogP contribution in [-0.2, 0) is 10.9 Å². The zero-order chi connectivity index (χ0) is 12.2. The van der Waals surface area contributed by atoms with Crippen molar-refractivity contribution < 1.29 is 17.9 Å². The SMILES string of the molecule is COCC[C@@H](N)c1cccc(C(F)(F)F)c1. The first kappa shape index (κ1) is 13.0. The molecule has 0 aliphatic carbocycles. The summed E-state index contributed by atoms with van der Waals surface area (Å²) in [5.74, 6) is 0. The third-order valence-corrected chi connectivity index (χ3v) is 2.28. The van der Waals surface area contributed by atoms with Gasteiger partial charge in [-0.2, -0.15) is 13.2 Å². The molecule has 0 spiro atoms. The van der Waals surface area contributed by atoms with Gasteiger partial charge in [0.15, 0.2) is 0 Å². The van der Waals surface area contributed by atoms with Crippen LogP contribution in [0, 0.1) is 0 Å². The van der Waals surface area contributed by atoms with Gasteiger partial charge < -0.3 is 10.5 Å². The summed E-state index contributed by atoms with van der Waals surface area (Å²) >= 11 is 0. The number of rotatable bonds is 4. The Morgan fingerprint density at radius 2 is 2.06 bits per heavy atom. The molecule has 0 bridgehead atoms. The molecule has 0 aliphatic rings. The third-order valence-electron chi connectivity index (χ3n) is 2.28. The standard InChI is InChI=1S/C11H14F3NO/c1-16-6-5-10(15)8-3-2-4-9(7-8)11(12,13)14/h2-4,7,10H,5-6,15H2,1H3/t10-/m1/s1. The minimum absolute atomic E-state index is 0.428. The van der Waals surface area contributed by atoms with Gasteiger partial charge in [0.2, 0.25) is 0 Å². The summed E-state index contributed by atoms with van der Waals surface area (Å²) in [5.41, 5.74) is 5.56. The van der Waals surface area contributed by atoms with Gasteiger partial charge in [-0.1, -0.05) is 12.1 Å². The van der Waals surface area contributed by atoms with Gasteiger partial charge in [-0.15, -0.1) is 0 Å². The quantitative estimate of drug-likeness (QED) is 0.867. The molecule has 5 heteroatoms. The van der Waals surface area contributed by atoms with Gasteiger partial charge in [-0.3, -0.25) is 0 Å². The van der Waals surface area contributed by atoms with Gasteiger partial charge in [0.1, 0.15) is 0 Å². The van der Waals surface area contributed by atoms with E-state index in [2.05, 4.69) is 0 Å². The largest absolute Gasteiger partial charge is 0.416 e. The molecule has 1 atom stereocenters. The minimum atomic E-state index is -4.32. The van der Waals surface area contributed by atoms with Crippen LogP contribution in [0.5, 0.6) is 0 Å². The second kappa shape index (κ2) is 5.32. The summed E-state index contributed by atoms with van der Waals surface area (Å²) < 4.78 is 42.1. The van der Waals surface area contributed by atoms with Crippen molar-refractivity contribution in [2.45, 2.75) is 18.6 Å². The van der Waals surface area contributed by atoms with E-state index in [-0.39, 0.29) is 0 Å². The number of hydrogen-bond acceptors (Lipinski definition) is 2. The average Bonchev–Trinajstić information content (AvgIpc) is 2.25. The Morgan fingerprint density at radius 3 is 2.62 bits per heavy atom. The number of alkyl halides is 3. The van der Waals surface area contributed by atoms with Crippen LogP contribution >= 0.6 is 0 Å². The molecule has 2 nitrogen and oxygen atoms in total. The fraction of sp³-hybridized carbons (Fsp3) is 0.455. The Hall–Kier alpha value is -1.07. The average molecular weight is 233 g/mol. The van der Waals surface area contributed by atoms with Crippen LogP contribution in [0.4, 0.5) is 13.2 Å². The smallest absolute Gasteiger partial charge is 0.385 e. The van der Waals surface area contributed by atoms with E-state index in [0.29, 0.717) is 18.6 Å². The Balaban J connectivity index is 2.82. The molecule has 90 valence electrons. The second-order valence-electron chi connectivity index (χ2n) is 3.51. The number of halogens is 3. The lowest BCUT2D eigenvalue weighted by atomic mass is 10.0. The highest BCUT2D eigenvalue weighted by Crippen LogP contribution is 2.30. The van der Waals surface area contributed by atoms with Gasteiger partial charge in [0, 0.05) is 19.8 Å². The Morgan fingerprint density at radius 1 is 1.38 bits per heavy atom. The Labute approximate surface area is 92.2 Å². The zero-order valence-electron chi connectivity index (χ0n) is 8.92. The molecular formula is C11H14F3NO. The van der Waals surface area contributed by atoms with E-state index in [0.717, 1.165) is 12.1 Å². The van der Waals surface area contributed by atoms with Gasteiger partial charge in [0.25, 0.3) is 0 Å². The van der Waals surface area contributed by atoms with Crippen molar-refractivity contribution in [1.82, 2.24) is 0 Å². The van der Waals surface area contributed by atoms with Crippen LogP contribution in [-0.4, -0.2) is 13.7 Å². The summed E-state index contributed by atoms with van der Waals surface area (Å²) in [5, 5.41) is 0. The van der Waals surface area contributed by atoms with Crippen molar-refractivity contribution in [2.75, 3.05) is 13.7 Å². The predicted octanol–water partition coefficient (Wildman–Crippen LogP) is 2.74. The molecule has 16 heavy (non-hydrogen) atoms. The van der Waals surface area contributed by atoms with E-state index in [1.165, 1.54) is 13.2 Å². The monoisotopic (exact) mass is 233 g/mol. The molecule has 0 heterocycles. The number of methoxy groups -OCH3 is 1. The van der Waals surface area contributed by atoms with Crippen LogP contribution in [0.2, 0.25) is 0 Å². The Bertz CT molecular complexity index is 338. The van der Waals surface area contributed by atoms with Crippen LogP contribution < -0.4 is 5.73 Å². The molecule has 0 radical (unpaired) electrons. The van der Waals surface area contributed by atoms with Gasteiger partial charge in [-0.25, -0.2) is 0 Å². The molecule has 0 amide bonds. The summed E-state index contributed by atoms with van der Waals surface area (Å²) in [6.45, 7) is 0.428. The third kappa shape index (κ3) is 3.50. The van der Waals surface area contributed by atoms with Crippen molar-refractivity contribution in [3.8, 4) is 0 Å². The highest BCUT2D eigenvalue weighted by molar-refractivity contribution is 5.27. The minimum Gasteiger partial charge on any atom is -0.385 e. The maximum absolute atomic E-state index is 12.4. The molecule has 1 aromatic rings. The van der Waals surface area contributed by atoms with E-state index in [4.69, 9.17) is 10.5 Å². The predicted molar refractivity (Wildman–Crippen MR) is 54.9 cm³/mol. The number of hydrogen-bond donors (Lipinski definition) is 1. The van der Waals surface area contributed by atoms with E-state index in [9.17, 15) is 13.2 Å². The van der Waals surface area contributed by atoms with Crippen LogP contribution in [0.25, 0.3) is 0 Å². The lowest BCUT2D eigenvalue weighted by molar-refractivity contribution is -0.137. The maximum atomic E-state index is 12.4. The van der Waals surface area contributed by atoms with E-state index in [1.807, 2.05) is 0 Å². The fourth-order valence-electron chi connectivity index (χ4n) is 1.36.